The maximum Gasteiger partial charge on any atom is 0.251 e. The summed E-state index contributed by atoms with van der Waals surface area (Å²) >= 11 is 0. The van der Waals surface area contributed by atoms with Crippen molar-refractivity contribution in [2.45, 2.75) is 26.2 Å². The van der Waals surface area contributed by atoms with E-state index in [-0.39, 0.29) is 35.7 Å². The molecule has 0 fully saturated rings. The van der Waals surface area contributed by atoms with Crippen LogP contribution in [0.25, 0.3) is 0 Å². The largest absolute Gasteiger partial charge is 0.494 e. The fraction of sp³-hybridized carbons (Fsp3) is 0.391. The molecule has 0 aliphatic carbocycles. The van der Waals surface area contributed by atoms with E-state index >= 15 is 0 Å². The second-order valence-electron chi connectivity index (χ2n) is 6.73. The number of unbranched alkanes of at least 4 members (excludes halogenated alkanes) is 1. The molecule has 6 nitrogen and oxygen atoms in total. The van der Waals surface area contributed by atoms with E-state index in [0.29, 0.717) is 24.5 Å². The predicted molar refractivity (Wildman–Crippen MR) is 134 cm³/mol. The van der Waals surface area contributed by atoms with Crippen LogP contribution in [0.3, 0.4) is 0 Å². The van der Waals surface area contributed by atoms with E-state index in [1.54, 1.807) is 25.2 Å². The highest BCUT2D eigenvalue weighted by Crippen LogP contribution is 2.11. The molecular formula is C23H32FIN4O2. The summed E-state index contributed by atoms with van der Waals surface area (Å²) in [4.78, 5) is 16.3. The van der Waals surface area contributed by atoms with Gasteiger partial charge in [-0.15, -0.1) is 24.0 Å². The third-order valence-electron chi connectivity index (χ3n) is 4.37. The van der Waals surface area contributed by atoms with Crippen molar-refractivity contribution in [2.24, 2.45) is 4.99 Å². The first-order valence-corrected chi connectivity index (χ1v) is 10.3. The van der Waals surface area contributed by atoms with Gasteiger partial charge in [-0.05, 0) is 68.1 Å². The van der Waals surface area contributed by atoms with Crippen LogP contribution in [0.5, 0.6) is 5.75 Å². The number of rotatable bonds is 11. The SMILES string of the molecule is CCNC(=NCCCCOc1ccc(F)cc1)NCCc1cccc(C(=O)NC)c1.I. The molecule has 0 bridgehead atoms. The lowest BCUT2D eigenvalue weighted by molar-refractivity contribution is 0.0963. The molecule has 0 aliphatic rings. The summed E-state index contributed by atoms with van der Waals surface area (Å²) in [5.74, 6) is 1.11. The smallest absolute Gasteiger partial charge is 0.251 e. The lowest BCUT2D eigenvalue weighted by Gasteiger charge is -2.12. The molecule has 2 rings (SSSR count). The zero-order valence-electron chi connectivity index (χ0n) is 18.1. The van der Waals surface area contributed by atoms with Gasteiger partial charge in [-0.1, -0.05) is 12.1 Å². The highest BCUT2D eigenvalue weighted by atomic mass is 127. The molecule has 3 N–H and O–H groups in total. The van der Waals surface area contributed by atoms with Crippen LogP contribution >= 0.6 is 24.0 Å². The minimum atomic E-state index is -0.265. The number of nitrogens with zero attached hydrogens (tertiary/aromatic N) is 1. The topological polar surface area (TPSA) is 74.8 Å². The summed E-state index contributed by atoms with van der Waals surface area (Å²) in [6.45, 7) is 4.80. The second kappa shape index (κ2) is 15.4. The van der Waals surface area contributed by atoms with E-state index in [1.165, 1.54) is 12.1 Å². The Labute approximate surface area is 201 Å². The van der Waals surface area contributed by atoms with Gasteiger partial charge in [-0.2, -0.15) is 0 Å². The molecule has 8 heteroatoms. The molecule has 0 unspecified atom stereocenters. The Kier molecular flexibility index (Phi) is 13.3. The van der Waals surface area contributed by atoms with Crippen molar-refractivity contribution >= 4 is 35.8 Å². The van der Waals surface area contributed by atoms with Crippen LogP contribution in [0.1, 0.15) is 35.7 Å². The van der Waals surface area contributed by atoms with Crippen LogP contribution in [0.2, 0.25) is 0 Å². The number of aliphatic imine (C=N–C) groups is 1. The number of benzene rings is 2. The molecule has 0 saturated carbocycles. The van der Waals surface area contributed by atoms with Gasteiger partial charge in [0.2, 0.25) is 0 Å². The lowest BCUT2D eigenvalue weighted by atomic mass is 10.1. The molecule has 0 saturated heterocycles. The van der Waals surface area contributed by atoms with Crippen molar-refractivity contribution in [3.8, 4) is 5.75 Å². The number of carbonyl (C=O) groups excluding carboxylic acids is 1. The summed E-state index contributed by atoms with van der Waals surface area (Å²) in [5.41, 5.74) is 1.76. The molecule has 0 radical (unpaired) electrons. The van der Waals surface area contributed by atoms with Crippen LogP contribution < -0.4 is 20.7 Å². The van der Waals surface area contributed by atoms with E-state index in [9.17, 15) is 9.18 Å². The number of halogens is 2. The molecule has 0 aromatic heterocycles. The zero-order valence-corrected chi connectivity index (χ0v) is 20.4. The monoisotopic (exact) mass is 542 g/mol. The predicted octanol–water partition coefficient (Wildman–Crippen LogP) is 3.76. The first kappa shape index (κ1) is 26.7. The van der Waals surface area contributed by atoms with Crippen molar-refractivity contribution in [3.63, 3.8) is 0 Å². The van der Waals surface area contributed by atoms with Gasteiger partial charge in [-0.3, -0.25) is 9.79 Å². The summed E-state index contributed by atoms with van der Waals surface area (Å²) < 4.78 is 18.5. The molecule has 1 amide bonds. The average Bonchev–Trinajstić information content (AvgIpc) is 2.77. The molecular weight excluding hydrogens is 510 g/mol. The average molecular weight is 542 g/mol. The summed E-state index contributed by atoms with van der Waals surface area (Å²) in [7, 11) is 1.63. The van der Waals surface area contributed by atoms with Crippen LogP contribution in [-0.2, 0) is 6.42 Å². The van der Waals surface area contributed by atoms with E-state index in [4.69, 9.17) is 4.74 Å². The number of guanidine groups is 1. The third kappa shape index (κ3) is 10.5. The summed E-state index contributed by atoms with van der Waals surface area (Å²) in [5, 5.41) is 9.20. The highest BCUT2D eigenvalue weighted by Gasteiger charge is 2.04. The molecule has 170 valence electrons. The Morgan fingerprint density at radius 3 is 2.58 bits per heavy atom. The molecule has 2 aromatic carbocycles. The fourth-order valence-electron chi connectivity index (χ4n) is 2.80. The number of nitrogens with one attached hydrogen (secondary N) is 3. The van der Waals surface area contributed by atoms with Gasteiger partial charge in [0, 0.05) is 32.2 Å². The number of amides is 1. The van der Waals surface area contributed by atoms with Gasteiger partial charge in [0.1, 0.15) is 11.6 Å². The van der Waals surface area contributed by atoms with E-state index in [1.807, 2.05) is 25.1 Å². The minimum absolute atomic E-state index is 0. The molecule has 31 heavy (non-hydrogen) atoms. The first-order valence-electron chi connectivity index (χ1n) is 10.3. The van der Waals surface area contributed by atoms with Gasteiger partial charge in [0.25, 0.3) is 5.91 Å². The van der Waals surface area contributed by atoms with Crippen molar-refractivity contribution in [1.82, 2.24) is 16.0 Å². The standard InChI is InChI=1S/C23H31FN4O2.HI/c1-3-26-23(27-14-4-5-16-30-21-11-9-20(24)10-12-21)28-15-13-18-7-6-8-19(17-18)22(29)25-2;/h6-12,17H,3-5,13-16H2,1-2H3,(H,25,29)(H2,26,27,28);1H. The van der Waals surface area contributed by atoms with Crippen LogP contribution in [0.4, 0.5) is 4.39 Å². The molecule has 0 atom stereocenters. The number of hydrogen-bond acceptors (Lipinski definition) is 3. The van der Waals surface area contributed by atoms with Gasteiger partial charge in [-0.25, -0.2) is 4.39 Å². The van der Waals surface area contributed by atoms with E-state index < -0.39 is 0 Å². The van der Waals surface area contributed by atoms with Gasteiger partial charge < -0.3 is 20.7 Å². The third-order valence-corrected chi connectivity index (χ3v) is 4.37. The van der Waals surface area contributed by atoms with E-state index in [2.05, 4.69) is 20.9 Å². The van der Waals surface area contributed by atoms with Gasteiger partial charge >= 0.3 is 0 Å². The molecule has 0 aliphatic heterocycles. The van der Waals surface area contributed by atoms with Gasteiger partial charge in [0.05, 0.1) is 6.61 Å². The Balaban J connectivity index is 0.00000480. The Morgan fingerprint density at radius 1 is 1.10 bits per heavy atom. The van der Waals surface area contributed by atoms with Crippen LogP contribution in [-0.4, -0.2) is 45.2 Å². The molecule has 0 spiro atoms. The maximum atomic E-state index is 12.9. The fourth-order valence-corrected chi connectivity index (χ4v) is 2.80. The van der Waals surface area contributed by atoms with E-state index in [0.717, 1.165) is 43.9 Å². The number of hydrogen-bond donors (Lipinski definition) is 3. The maximum absolute atomic E-state index is 12.9. The lowest BCUT2D eigenvalue weighted by Crippen LogP contribution is -2.38. The summed E-state index contributed by atoms with van der Waals surface area (Å²) in [6, 6.07) is 13.7. The van der Waals surface area contributed by atoms with Crippen molar-refractivity contribution in [1.29, 1.82) is 0 Å². The molecule has 2 aromatic rings. The Morgan fingerprint density at radius 2 is 1.87 bits per heavy atom. The number of ether oxygens (including phenoxy) is 1. The zero-order chi connectivity index (χ0) is 21.6. The highest BCUT2D eigenvalue weighted by molar-refractivity contribution is 14.0. The second-order valence-corrected chi connectivity index (χ2v) is 6.73. The minimum Gasteiger partial charge on any atom is -0.494 e. The number of carbonyl (C=O) groups is 1. The summed E-state index contributed by atoms with van der Waals surface area (Å²) in [6.07, 6.45) is 2.55. The quantitative estimate of drug-likeness (QED) is 0.175. The van der Waals surface area contributed by atoms with Gasteiger partial charge in [0.15, 0.2) is 5.96 Å². The molecule has 0 heterocycles. The van der Waals surface area contributed by atoms with Crippen LogP contribution in [0, 0.1) is 5.82 Å². The van der Waals surface area contributed by atoms with Crippen molar-refractivity contribution < 1.29 is 13.9 Å². The first-order chi connectivity index (χ1) is 14.6. The van der Waals surface area contributed by atoms with Crippen molar-refractivity contribution in [3.05, 3.63) is 65.5 Å². The van der Waals surface area contributed by atoms with Crippen molar-refractivity contribution in [2.75, 3.05) is 33.3 Å². The Hall–Kier alpha value is -2.36. The Bertz CT molecular complexity index is 815. The normalized spacial score (nSPS) is 10.7. The van der Waals surface area contributed by atoms with Crippen LogP contribution in [0.15, 0.2) is 53.5 Å².